The van der Waals surface area contributed by atoms with Gasteiger partial charge in [-0.25, -0.2) is 0 Å². The van der Waals surface area contributed by atoms with Crippen molar-refractivity contribution in [3.8, 4) is 0 Å². The van der Waals surface area contributed by atoms with Gasteiger partial charge in [0.25, 0.3) is 0 Å². The predicted octanol–water partition coefficient (Wildman–Crippen LogP) is 3.08. The summed E-state index contributed by atoms with van der Waals surface area (Å²) in [5.41, 5.74) is 0.940. The molecule has 1 aromatic carbocycles. The lowest BCUT2D eigenvalue weighted by atomic mass is 10.1. The first kappa shape index (κ1) is 13.1. The Morgan fingerprint density at radius 2 is 1.93 bits per heavy atom. The lowest BCUT2D eigenvalue weighted by Gasteiger charge is -2.25. The van der Waals surface area contributed by atoms with Crippen molar-refractivity contribution >= 4 is 35.6 Å². The molecule has 0 spiro atoms. The molecule has 1 saturated heterocycles. The molecule has 0 aromatic heterocycles. The average molecular weight is 269 g/mol. The zero-order valence-corrected chi connectivity index (χ0v) is 10.3. The van der Waals surface area contributed by atoms with Gasteiger partial charge in [-0.3, -0.25) is 0 Å². The zero-order chi connectivity index (χ0) is 9.97. The van der Waals surface area contributed by atoms with Crippen LogP contribution in [0.5, 0.6) is 0 Å². The molecule has 1 fully saturated rings. The van der Waals surface area contributed by atoms with E-state index in [1.807, 2.05) is 18.2 Å². The van der Waals surface area contributed by atoms with Crippen LogP contribution in [0.25, 0.3) is 0 Å². The molecule has 1 aliphatic rings. The second-order valence-corrected chi connectivity index (χ2v) is 4.03. The molecule has 5 heteroatoms. The van der Waals surface area contributed by atoms with Gasteiger partial charge in [0.05, 0.1) is 19.3 Å². The van der Waals surface area contributed by atoms with Crippen molar-refractivity contribution in [3.05, 3.63) is 33.8 Å². The second-order valence-electron chi connectivity index (χ2n) is 3.22. The van der Waals surface area contributed by atoms with Crippen LogP contribution >= 0.6 is 35.6 Å². The quantitative estimate of drug-likeness (QED) is 0.845. The van der Waals surface area contributed by atoms with Crippen molar-refractivity contribution in [2.75, 3.05) is 19.8 Å². The third-order valence-corrected chi connectivity index (χ3v) is 2.93. The van der Waals surface area contributed by atoms with Crippen LogP contribution in [0.4, 0.5) is 0 Å². The van der Waals surface area contributed by atoms with Crippen molar-refractivity contribution in [3.63, 3.8) is 0 Å². The van der Waals surface area contributed by atoms with Gasteiger partial charge in [-0.15, -0.1) is 12.4 Å². The van der Waals surface area contributed by atoms with E-state index in [2.05, 4.69) is 5.32 Å². The molecular weight excluding hydrogens is 256 g/mol. The van der Waals surface area contributed by atoms with Crippen molar-refractivity contribution in [1.29, 1.82) is 0 Å². The van der Waals surface area contributed by atoms with Crippen molar-refractivity contribution in [2.24, 2.45) is 0 Å². The van der Waals surface area contributed by atoms with Gasteiger partial charge in [-0.2, -0.15) is 0 Å². The highest BCUT2D eigenvalue weighted by Crippen LogP contribution is 2.30. The van der Waals surface area contributed by atoms with Gasteiger partial charge in [-0.05, 0) is 12.1 Å². The molecule has 2 nitrogen and oxygen atoms in total. The summed E-state index contributed by atoms with van der Waals surface area (Å²) < 4.78 is 5.37. The SMILES string of the molecule is Cl.Clc1cccc(Cl)c1[C@H]1COCCN1. The van der Waals surface area contributed by atoms with Gasteiger partial charge in [0.2, 0.25) is 0 Å². The van der Waals surface area contributed by atoms with Gasteiger partial charge in [-0.1, -0.05) is 29.3 Å². The van der Waals surface area contributed by atoms with E-state index >= 15 is 0 Å². The fourth-order valence-corrected chi connectivity index (χ4v) is 2.26. The molecule has 0 unspecified atom stereocenters. The van der Waals surface area contributed by atoms with Crippen LogP contribution in [0.1, 0.15) is 11.6 Å². The summed E-state index contributed by atoms with van der Waals surface area (Å²) in [6.07, 6.45) is 0. The average Bonchev–Trinajstić information content (AvgIpc) is 2.19. The molecule has 1 N–H and O–H groups in total. The normalized spacial score (nSPS) is 20.8. The molecular formula is C10H12Cl3NO. The van der Waals surface area contributed by atoms with Gasteiger partial charge in [0.1, 0.15) is 0 Å². The van der Waals surface area contributed by atoms with Crippen molar-refractivity contribution < 1.29 is 4.74 Å². The smallest absolute Gasteiger partial charge is 0.0663 e. The Morgan fingerprint density at radius 3 is 2.47 bits per heavy atom. The highest BCUT2D eigenvalue weighted by atomic mass is 35.5. The van der Waals surface area contributed by atoms with Crippen LogP contribution in [0.2, 0.25) is 10.0 Å². The molecule has 1 aromatic rings. The van der Waals surface area contributed by atoms with Crippen LogP contribution in [0, 0.1) is 0 Å². The first-order valence-electron chi connectivity index (χ1n) is 4.54. The van der Waals surface area contributed by atoms with Gasteiger partial charge < -0.3 is 10.1 Å². The molecule has 15 heavy (non-hydrogen) atoms. The minimum Gasteiger partial charge on any atom is -0.378 e. The number of rotatable bonds is 1. The Labute approximate surface area is 105 Å². The van der Waals surface area contributed by atoms with E-state index < -0.39 is 0 Å². The van der Waals surface area contributed by atoms with Crippen LogP contribution in [-0.4, -0.2) is 19.8 Å². The molecule has 1 heterocycles. The van der Waals surface area contributed by atoms with E-state index in [-0.39, 0.29) is 18.4 Å². The number of nitrogens with one attached hydrogen (secondary N) is 1. The number of benzene rings is 1. The molecule has 1 atom stereocenters. The molecule has 2 rings (SSSR count). The predicted molar refractivity (Wildman–Crippen MR) is 65.3 cm³/mol. The number of hydrogen-bond donors (Lipinski definition) is 1. The Kier molecular flexibility index (Phi) is 5.16. The highest BCUT2D eigenvalue weighted by molar-refractivity contribution is 6.36. The maximum absolute atomic E-state index is 6.08. The molecule has 84 valence electrons. The number of morpholine rings is 1. The second kappa shape index (κ2) is 5.92. The summed E-state index contributed by atoms with van der Waals surface area (Å²) in [4.78, 5) is 0. The number of ether oxygens (including phenoxy) is 1. The maximum Gasteiger partial charge on any atom is 0.0663 e. The minimum atomic E-state index is 0. The summed E-state index contributed by atoms with van der Waals surface area (Å²) in [6.45, 7) is 2.22. The lowest BCUT2D eigenvalue weighted by molar-refractivity contribution is 0.0769. The summed E-state index contributed by atoms with van der Waals surface area (Å²) >= 11 is 12.2. The monoisotopic (exact) mass is 267 g/mol. The molecule has 1 aliphatic heterocycles. The van der Waals surface area contributed by atoms with Gasteiger partial charge >= 0.3 is 0 Å². The lowest BCUT2D eigenvalue weighted by Crippen LogP contribution is -2.34. The third kappa shape index (κ3) is 2.99. The Balaban J connectivity index is 0.00000112. The minimum absolute atomic E-state index is 0. The number of halogens is 3. The molecule has 0 saturated carbocycles. The first-order chi connectivity index (χ1) is 6.79. The van der Waals surface area contributed by atoms with Crippen LogP contribution < -0.4 is 5.32 Å². The fourth-order valence-electron chi connectivity index (χ4n) is 1.59. The van der Waals surface area contributed by atoms with Crippen LogP contribution in [0.15, 0.2) is 18.2 Å². The largest absolute Gasteiger partial charge is 0.378 e. The molecule has 0 bridgehead atoms. The van der Waals surface area contributed by atoms with E-state index in [0.29, 0.717) is 16.7 Å². The summed E-state index contributed by atoms with van der Waals surface area (Å²) in [7, 11) is 0. The van der Waals surface area contributed by atoms with E-state index in [1.165, 1.54) is 0 Å². The number of hydrogen-bond acceptors (Lipinski definition) is 2. The topological polar surface area (TPSA) is 21.3 Å². The van der Waals surface area contributed by atoms with Gasteiger partial charge in [0.15, 0.2) is 0 Å². The maximum atomic E-state index is 6.08. The zero-order valence-electron chi connectivity index (χ0n) is 8.00. The van der Waals surface area contributed by atoms with Crippen LogP contribution in [0.3, 0.4) is 0 Å². The Morgan fingerprint density at radius 1 is 1.27 bits per heavy atom. The standard InChI is InChI=1S/C10H11Cl2NO.ClH/c11-7-2-1-3-8(12)10(7)9-6-14-5-4-13-9;/h1-3,9,13H,4-6H2;1H/t9-;/m1./s1. The fraction of sp³-hybridized carbons (Fsp3) is 0.400. The summed E-state index contributed by atoms with van der Waals surface area (Å²) in [5, 5.41) is 4.71. The summed E-state index contributed by atoms with van der Waals surface area (Å²) in [6, 6.07) is 5.65. The van der Waals surface area contributed by atoms with Crippen LogP contribution in [-0.2, 0) is 4.74 Å². The van der Waals surface area contributed by atoms with Crippen molar-refractivity contribution in [2.45, 2.75) is 6.04 Å². The molecule has 0 radical (unpaired) electrons. The van der Waals surface area contributed by atoms with E-state index in [1.54, 1.807) is 0 Å². The van der Waals surface area contributed by atoms with E-state index in [4.69, 9.17) is 27.9 Å². The van der Waals surface area contributed by atoms with Gasteiger partial charge in [0, 0.05) is 22.2 Å². The Bertz CT molecular complexity index is 306. The van der Waals surface area contributed by atoms with E-state index in [0.717, 1.165) is 18.7 Å². The highest BCUT2D eigenvalue weighted by Gasteiger charge is 2.20. The third-order valence-electron chi connectivity index (χ3n) is 2.27. The first-order valence-corrected chi connectivity index (χ1v) is 5.29. The van der Waals surface area contributed by atoms with Crippen molar-refractivity contribution in [1.82, 2.24) is 5.32 Å². The summed E-state index contributed by atoms with van der Waals surface area (Å²) in [5.74, 6) is 0. The Hall–Kier alpha value is 0.01000. The molecule has 0 amide bonds. The molecule has 0 aliphatic carbocycles. The van der Waals surface area contributed by atoms with E-state index in [9.17, 15) is 0 Å².